The number of hydrogen-bond acceptors (Lipinski definition) is 3. The Labute approximate surface area is 259 Å². The van der Waals surface area contributed by atoms with Crippen molar-refractivity contribution in [2.75, 3.05) is 13.1 Å². The van der Waals surface area contributed by atoms with Crippen LogP contribution >= 0.6 is 0 Å². The average Bonchev–Trinajstić information content (AvgIpc) is 3.19. The molecule has 0 radical (unpaired) electrons. The molecule has 1 aliphatic carbocycles. The molecule has 2 atom stereocenters. The molecule has 2 N–H and O–H groups in total. The summed E-state index contributed by atoms with van der Waals surface area (Å²) >= 11 is 0. The summed E-state index contributed by atoms with van der Waals surface area (Å²) < 4.78 is 39.2. The number of likely N-dealkylation sites (tertiary alicyclic amines) is 1. The van der Waals surface area contributed by atoms with Crippen molar-refractivity contribution >= 4 is 16.7 Å². The number of carboxylic acid groups (broad SMARTS) is 1. The quantitative estimate of drug-likeness (QED) is 0.203. The van der Waals surface area contributed by atoms with E-state index in [1.54, 1.807) is 12.1 Å². The maximum Gasteiger partial charge on any atom is 0.416 e. The summed E-state index contributed by atoms with van der Waals surface area (Å²) in [7, 11) is 0. The first-order valence-electron chi connectivity index (χ1n) is 15.2. The van der Waals surface area contributed by atoms with Gasteiger partial charge in [-0.2, -0.15) is 13.2 Å². The van der Waals surface area contributed by atoms with Gasteiger partial charge in [0.25, 0.3) is 0 Å². The average molecular weight is 608 g/mol. The van der Waals surface area contributed by atoms with Crippen molar-refractivity contribution in [1.82, 2.24) is 4.90 Å². The third-order valence-electron chi connectivity index (χ3n) is 9.72. The first-order chi connectivity index (χ1) is 21.6. The fourth-order valence-electron chi connectivity index (χ4n) is 7.46. The van der Waals surface area contributed by atoms with Crippen LogP contribution in [0.3, 0.4) is 0 Å². The molecule has 45 heavy (non-hydrogen) atoms. The number of aromatic carboxylic acids is 1. The van der Waals surface area contributed by atoms with Crippen LogP contribution in [-0.2, 0) is 18.3 Å². The van der Waals surface area contributed by atoms with Crippen molar-refractivity contribution in [3.8, 4) is 22.3 Å². The van der Waals surface area contributed by atoms with E-state index in [2.05, 4.69) is 29.2 Å². The first-order valence-corrected chi connectivity index (χ1v) is 15.2. The summed E-state index contributed by atoms with van der Waals surface area (Å²) in [4.78, 5) is 14.5. The van der Waals surface area contributed by atoms with Crippen LogP contribution < -0.4 is 0 Å². The Morgan fingerprint density at radius 1 is 0.778 bits per heavy atom. The van der Waals surface area contributed by atoms with Crippen molar-refractivity contribution < 1.29 is 28.2 Å². The normalized spacial score (nSPS) is 21.7. The highest BCUT2D eigenvalue weighted by Gasteiger charge is 2.53. The second-order valence-corrected chi connectivity index (χ2v) is 12.4. The molecule has 0 aromatic heterocycles. The monoisotopic (exact) mass is 607 g/mol. The second-order valence-electron chi connectivity index (χ2n) is 12.4. The van der Waals surface area contributed by atoms with Gasteiger partial charge in [0.15, 0.2) is 0 Å². The van der Waals surface area contributed by atoms with E-state index in [0.29, 0.717) is 16.5 Å². The summed E-state index contributed by atoms with van der Waals surface area (Å²) in [6.07, 6.45) is -2.47. The molecule has 5 aromatic rings. The maximum absolute atomic E-state index is 13.1. The Bertz CT molecular complexity index is 1850. The number of hydrogen-bond donors (Lipinski definition) is 2. The zero-order valence-electron chi connectivity index (χ0n) is 24.5. The van der Waals surface area contributed by atoms with Crippen LogP contribution in [0.4, 0.5) is 13.2 Å². The molecule has 1 heterocycles. The van der Waals surface area contributed by atoms with Gasteiger partial charge in [0.1, 0.15) is 0 Å². The van der Waals surface area contributed by atoms with Crippen molar-refractivity contribution in [2.45, 2.75) is 31.2 Å². The zero-order chi connectivity index (χ0) is 31.3. The highest BCUT2D eigenvalue weighted by Crippen LogP contribution is 2.51. The zero-order valence-corrected chi connectivity index (χ0v) is 24.5. The van der Waals surface area contributed by atoms with E-state index >= 15 is 0 Å². The summed E-state index contributed by atoms with van der Waals surface area (Å²) in [5.41, 5.74) is 3.51. The van der Waals surface area contributed by atoms with E-state index in [1.807, 2.05) is 48.5 Å². The van der Waals surface area contributed by atoms with Gasteiger partial charge in [-0.05, 0) is 87.3 Å². The first kappa shape index (κ1) is 29.3. The van der Waals surface area contributed by atoms with Crippen LogP contribution in [0.2, 0.25) is 0 Å². The van der Waals surface area contributed by atoms with Crippen molar-refractivity contribution in [1.29, 1.82) is 0 Å². The van der Waals surface area contributed by atoms with Gasteiger partial charge >= 0.3 is 12.1 Å². The standard InChI is InChI=1S/C38H32F3NO3/c39-38(40,41)31-13-6-25(7-14-31)27-10-17-34-28(18-27)19-29(36(43)44)20-35(34)26-8-11-30(12-9-26)37(45)32-15-16-33(37)23-42(22-32)21-24-4-2-1-3-5-24/h1-14,17-20,32-33,45H,15-16,21-23H2,(H,43,44). The lowest BCUT2D eigenvalue weighted by Gasteiger charge is -2.45. The minimum atomic E-state index is -4.42. The largest absolute Gasteiger partial charge is 0.478 e. The summed E-state index contributed by atoms with van der Waals surface area (Å²) in [6.45, 7) is 2.53. The number of fused-ring (bicyclic) bond motifs is 3. The van der Waals surface area contributed by atoms with Gasteiger partial charge in [-0.3, -0.25) is 4.90 Å². The molecule has 7 heteroatoms. The summed E-state index contributed by atoms with van der Waals surface area (Å²) in [6, 6.07) is 32.0. The molecule has 2 aliphatic rings. The second kappa shape index (κ2) is 11.2. The molecule has 1 aliphatic heterocycles. The molecule has 2 unspecified atom stereocenters. The molecular weight excluding hydrogens is 575 g/mol. The fraction of sp³-hybridized carbons (Fsp3) is 0.237. The predicted molar refractivity (Wildman–Crippen MR) is 169 cm³/mol. The van der Waals surface area contributed by atoms with Crippen LogP contribution in [-0.4, -0.2) is 34.2 Å². The van der Waals surface area contributed by atoms with Crippen LogP contribution in [0.1, 0.15) is 39.9 Å². The molecule has 7 rings (SSSR count). The lowest BCUT2D eigenvalue weighted by atomic mass is 9.75. The number of nitrogens with zero attached hydrogens (tertiary/aromatic N) is 1. The highest BCUT2D eigenvalue weighted by molar-refractivity contribution is 6.04. The molecule has 5 aromatic carbocycles. The number of rotatable bonds is 6. The van der Waals surface area contributed by atoms with E-state index in [4.69, 9.17) is 0 Å². The smallest absolute Gasteiger partial charge is 0.416 e. The van der Waals surface area contributed by atoms with Gasteiger partial charge < -0.3 is 10.2 Å². The third kappa shape index (κ3) is 5.40. The molecule has 1 saturated heterocycles. The molecule has 4 nitrogen and oxygen atoms in total. The number of carboxylic acids is 1. The maximum atomic E-state index is 13.1. The number of benzene rings is 5. The van der Waals surface area contributed by atoms with Crippen molar-refractivity contribution in [2.24, 2.45) is 11.8 Å². The number of piperidine rings is 1. The summed E-state index contributed by atoms with van der Waals surface area (Å²) in [5, 5.41) is 23.5. The van der Waals surface area contributed by atoms with Crippen LogP contribution in [0.25, 0.3) is 33.0 Å². The van der Waals surface area contributed by atoms with Crippen LogP contribution in [0, 0.1) is 11.8 Å². The van der Waals surface area contributed by atoms with Crippen molar-refractivity contribution in [3.63, 3.8) is 0 Å². The Balaban J connectivity index is 1.19. The highest BCUT2D eigenvalue weighted by atomic mass is 19.4. The van der Waals surface area contributed by atoms with E-state index < -0.39 is 23.3 Å². The Morgan fingerprint density at radius 3 is 2.02 bits per heavy atom. The number of alkyl halides is 3. The summed E-state index contributed by atoms with van der Waals surface area (Å²) in [5.74, 6) is -0.806. The van der Waals surface area contributed by atoms with Gasteiger partial charge in [-0.25, -0.2) is 4.79 Å². The van der Waals surface area contributed by atoms with E-state index in [0.717, 1.165) is 66.7 Å². The Hall–Kier alpha value is -4.46. The third-order valence-corrected chi connectivity index (χ3v) is 9.72. The van der Waals surface area contributed by atoms with Gasteiger partial charge in [0.2, 0.25) is 0 Å². The Morgan fingerprint density at radius 2 is 1.40 bits per heavy atom. The molecule has 2 bridgehead atoms. The Kier molecular flexibility index (Phi) is 7.26. The number of aliphatic hydroxyl groups is 1. The lowest BCUT2D eigenvalue weighted by Crippen LogP contribution is -2.51. The number of halogens is 3. The van der Waals surface area contributed by atoms with Crippen LogP contribution in [0.15, 0.2) is 109 Å². The van der Waals surface area contributed by atoms with Crippen molar-refractivity contribution in [3.05, 3.63) is 131 Å². The minimum absolute atomic E-state index is 0.119. The minimum Gasteiger partial charge on any atom is -0.478 e. The van der Waals surface area contributed by atoms with Gasteiger partial charge in [-0.1, -0.05) is 78.9 Å². The van der Waals surface area contributed by atoms with Gasteiger partial charge in [-0.15, -0.1) is 0 Å². The SMILES string of the molecule is O=C(O)c1cc(-c2ccc(C3(O)C4CCC3CN(Cc3ccccc3)C4)cc2)c2ccc(-c3ccc(C(F)(F)F)cc3)cc2c1. The molecule has 1 saturated carbocycles. The molecule has 228 valence electrons. The van der Waals surface area contributed by atoms with E-state index in [9.17, 15) is 28.2 Å². The van der Waals surface area contributed by atoms with E-state index in [-0.39, 0.29) is 17.4 Å². The fourth-order valence-corrected chi connectivity index (χ4v) is 7.46. The van der Waals surface area contributed by atoms with Gasteiger partial charge in [0.05, 0.1) is 16.7 Å². The molecule has 0 amide bonds. The number of carbonyl (C=O) groups is 1. The molecule has 2 fully saturated rings. The topological polar surface area (TPSA) is 60.8 Å². The van der Waals surface area contributed by atoms with Crippen LogP contribution in [0.5, 0.6) is 0 Å². The molecule has 0 spiro atoms. The lowest BCUT2D eigenvalue weighted by molar-refractivity contribution is -0.137. The predicted octanol–water partition coefficient (Wildman–Crippen LogP) is 8.62. The van der Waals surface area contributed by atoms with E-state index in [1.165, 1.54) is 17.7 Å². The molecular formula is C38H32F3NO3. The van der Waals surface area contributed by atoms with Gasteiger partial charge in [0, 0.05) is 31.5 Å².